The molecule has 3 atom stereocenters. The summed E-state index contributed by atoms with van der Waals surface area (Å²) in [6, 6.07) is 0.913. The summed E-state index contributed by atoms with van der Waals surface area (Å²) < 4.78 is 6.80. The fraction of sp³-hybridized carbons (Fsp3) is 0.500. The van der Waals surface area contributed by atoms with Crippen molar-refractivity contribution in [2.45, 2.75) is 45.4 Å². The number of hydrogen-bond donors (Lipinski definition) is 2. The first-order valence-electron chi connectivity index (χ1n) is 9.27. The van der Waals surface area contributed by atoms with Gasteiger partial charge in [0.15, 0.2) is 11.5 Å². The van der Waals surface area contributed by atoms with Crippen LogP contribution in [-0.4, -0.2) is 58.7 Å². The number of rotatable bonds is 5. The minimum atomic E-state index is -0.588. The number of imidazole rings is 1. The smallest absolute Gasteiger partial charge is 0.248 e. The average Bonchev–Trinajstić information content (AvgIpc) is 3.41. The topological polar surface area (TPSA) is 126 Å². The maximum atomic E-state index is 13.4. The molecular formula is C18H23N7O3. The Morgan fingerprint density at radius 3 is 2.89 bits per heavy atom. The van der Waals surface area contributed by atoms with E-state index in [1.807, 2.05) is 20.8 Å². The molecule has 0 saturated carbocycles. The summed E-state index contributed by atoms with van der Waals surface area (Å²) >= 11 is 0. The number of H-pyrrole nitrogens is 1. The molecule has 4 heterocycles. The number of aliphatic hydroxyl groups is 1. The van der Waals surface area contributed by atoms with Crippen LogP contribution < -0.4 is 0 Å². The van der Waals surface area contributed by atoms with Crippen LogP contribution in [0.5, 0.6) is 0 Å². The summed E-state index contributed by atoms with van der Waals surface area (Å²) in [6.45, 7) is 6.00. The van der Waals surface area contributed by atoms with E-state index in [0.717, 1.165) is 5.69 Å². The van der Waals surface area contributed by atoms with Crippen molar-refractivity contribution in [3.8, 4) is 11.5 Å². The molecule has 1 aliphatic rings. The number of likely N-dealkylation sites (tertiary alicyclic amines) is 1. The van der Waals surface area contributed by atoms with Crippen molar-refractivity contribution >= 4 is 5.91 Å². The molecule has 0 aromatic carbocycles. The average molecular weight is 385 g/mol. The predicted molar refractivity (Wildman–Crippen MR) is 97.8 cm³/mol. The Hall–Kier alpha value is -3.01. The SMILES string of the molecule is Cc1cc(-c2cn([C@H](C(=O)N3C[C@H](O)C[C@H]3c3ncc[nH]3)C(C)C)nn2)on1. The molecule has 1 fully saturated rings. The molecule has 4 rings (SSSR count). The first-order valence-corrected chi connectivity index (χ1v) is 9.27. The molecule has 1 saturated heterocycles. The molecule has 3 aromatic heterocycles. The first kappa shape index (κ1) is 18.4. The van der Waals surface area contributed by atoms with Gasteiger partial charge in [0.2, 0.25) is 5.91 Å². The number of hydrogen-bond acceptors (Lipinski definition) is 7. The van der Waals surface area contributed by atoms with Gasteiger partial charge in [-0.25, -0.2) is 9.67 Å². The third kappa shape index (κ3) is 3.31. The van der Waals surface area contributed by atoms with Crippen molar-refractivity contribution in [1.29, 1.82) is 0 Å². The molecule has 10 heteroatoms. The highest BCUT2D eigenvalue weighted by Gasteiger charge is 2.41. The number of nitrogens with zero attached hydrogens (tertiary/aromatic N) is 6. The molecule has 0 radical (unpaired) electrons. The van der Waals surface area contributed by atoms with Crippen LogP contribution >= 0.6 is 0 Å². The van der Waals surface area contributed by atoms with Gasteiger partial charge in [0.05, 0.1) is 24.0 Å². The lowest BCUT2D eigenvalue weighted by molar-refractivity contribution is -0.138. The minimum Gasteiger partial charge on any atom is -0.391 e. The second-order valence-corrected chi connectivity index (χ2v) is 7.48. The van der Waals surface area contributed by atoms with Crippen molar-refractivity contribution in [3.05, 3.63) is 36.2 Å². The minimum absolute atomic E-state index is 0.0338. The molecular weight excluding hydrogens is 362 g/mol. The Labute approximate surface area is 161 Å². The van der Waals surface area contributed by atoms with Gasteiger partial charge in [0.1, 0.15) is 11.9 Å². The van der Waals surface area contributed by atoms with E-state index in [1.54, 1.807) is 34.2 Å². The fourth-order valence-electron chi connectivity index (χ4n) is 3.66. The molecule has 0 spiro atoms. The molecule has 1 aliphatic heterocycles. The molecule has 10 nitrogen and oxygen atoms in total. The van der Waals surface area contributed by atoms with Crippen LogP contribution in [0.15, 0.2) is 29.2 Å². The van der Waals surface area contributed by atoms with Crippen molar-refractivity contribution in [1.82, 2.24) is 35.0 Å². The third-order valence-corrected chi connectivity index (χ3v) is 4.96. The van der Waals surface area contributed by atoms with Gasteiger partial charge in [-0.05, 0) is 12.8 Å². The van der Waals surface area contributed by atoms with Gasteiger partial charge < -0.3 is 19.5 Å². The molecule has 0 unspecified atom stereocenters. The van der Waals surface area contributed by atoms with Gasteiger partial charge in [-0.2, -0.15) is 0 Å². The van der Waals surface area contributed by atoms with Gasteiger partial charge in [-0.15, -0.1) is 5.10 Å². The fourth-order valence-corrected chi connectivity index (χ4v) is 3.66. The van der Waals surface area contributed by atoms with Crippen LogP contribution in [0, 0.1) is 12.8 Å². The number of aryl methyl sites for hydroxylation is 1. The highest BCUT2D eigenvalue weighted by atomic mass is 16.5. The molecule has 28 heavy (non-hydrogen) atoms. The lowest BCUT2D eigenvalue weighted by Gasteiger charge is -2.29. The number of aliphatic hydroxyl groups excluding tert-OH is 1. The van der Waals surface area contributed by atoms with Crippen LogP contribution in [0.2, 0.25) is 0 Å². The number of carbonyl (C=O) groups is 1. The lowest BCUT2D eigenvalue weighted by Crippen LogP contribution is -2.40. The molecule has 1 amide bonds. The Morgan fingerprint density at radius 1 is 1.43 bits per heavy atom. The Balaban J connectivity index is 1.62. The summed E-state index contributed by atoms with van der Waals surface area (Å²) in [5.74, 6) is 1.01. The number of aromatic nitrogens is 6. The summed E-state index contributed by atoms with van der Waals surface area (Å²) in [6.07, 6.45) is 4.91. The van der Waals surface area contributed by atoms with E-state index in [0.29, 0.717) is 23.7 Å². The Morgan fingerprint density at radius 2 is 2.25 bits per heavy atom. The first-order chi connectivity index (χ1) is 13.4. The van der Waals surface area contributed by atoms with Crippen LogP contribution in [-0.2, 0) is 4.79 Å². The van der Waals surface area contributed by atoms with Crippen molar-refractivity contribution in [3.63, 3.8) is 0 Å². The van der Waals surface area contributed by atoms with Gasteiger partial charge >= 0.3 is 0 Å². The lowest BCUT2D eigenvalue weighted by atomic mass is 10.0. The van der Waals surface area contributed by atoms with Crippen LogP contribution in [0.4, 0.5) is 0 Å². The van der Waals surface area contributed by atoms with Crippen LogP contribution in [0.1, 0.15) is 43.9 Å². The number of nitrogens with one attached hydrogen (secondary N) is 1. The second-order valence-electron chi connectivity index (χ2n) is 7.48. The number of carbonyl (C=O) groups excluding carboxylic acids is 1. The predicted octanol–water partition coefficient (Wildman–Crippen LogP) is 1.50. The summed E-state index contributed by atoms with van der Waals surface area (Å²) in [5, 5.41) is 22.3. The highest BCUT2D eigenvalue weighted by Crippen LogP contribution is 2.34. The normalized spacial score (nSPS) is 20.8. The maximum Gasteiger partial charge on any atom is 0.248 e. The number of aromatic amines is 1. The molecule has 0 bridgehead atoms. The van der Waals surface area contributed by atoms with Crippen LogP contribution in [0.25, 0.3) is 11.5 Å². The summed E-state index contributed by atoms with van der Waals surface area (Å²) in [7, 11) is 0. The zero-order chi connectivity index (χ0) is 19.8. The number of amides is 1. The number of β-amino-alcohol motifs (C(OH)–C–C–N with tert-alkyl or cyclic N) is 1. The Kier molecular flexibility index (Phi) is 4.71. The van der Waals surface area contributed by atoms with Crippen LogP contribution in [0.3, 0.4) is 0 Å². The van der Waals surface area contributed by atoms with E-state index in [9.17, 15) is 9.90 Å². The maximum absolute atomic E-state index is 13.4. The van der Waals surface area contributed by atoms with E-state index >= 15 is 0 Å². The van der Waals surface area contributed by atoms with Gasteiger partial charge in [-0.1, -0.05) is 24.2 Å². The molecule has 148 valence electrons. The standard InChI is InChI=1S/C18H23N7O3/c1-10(2)16(25-9-13(21-23-25)15-6-11(3)22-28-15)18(27)24-8-12(26)7-14(24)17-19-4-5-20-17/h4-6,9-10,12,14,16,26H,7-8H2,1-3H3,(H,19,20)/t12-,14+,16+/m1/s1. The van der Waals surface area contributed by atoms with Gasteiger partial charge in [0.25, 0.3) is 0 Å². The van der Waals surface area contributed by atoms with E-state index in [4.69, 9.17) is 4.52 Å². The van der Waals surface area contributed by atoms with Crippen molar-refractivity contribution in [2.75, 3.05) is 6.54 Å². The van der Waals surface area contributed by atoms with Gasteiger partial charge in [0, 0.05) is 31.4 Å². The summed E-state index contributed by atoms with van der Waals surface area (Å²) in [4.78, 5) is 22.4. The highest BCUT2D eigenvalue weighted by molar-refractivity contribution is 5.81. The quantitative estimate of drug-likeness (QED) is 0.681. The molecule has 0 aliphatic carbocycles. The van der Waals surface area contributed by atoms with E-state index < -0.39 is 12.1 Å². The molecule has 2 N–H and O–H groups in total. The third-order valence-electron chi connectivity index (χ3n) is 4.96. The van der Waals surface area contributed by atoms with Gasteiger partial charge in [-0.3, -0.25) is 4.79 Å². The zero-order valence-electron chi connectivity index (χ0n) is 16.0. The zero-order valence-corrected chi connectivity index (χ0v) is 16.0. The van der Waals surface area contributed by atoms with Crippen molar-refractivity contribution in [2.24, 2.45) is 5.92 Å². The monoisotopic (exact) mass is 385 g/mol. The van der Waals surface area contributed by atoms with E-state index in [-0.39, 0.29) is 24.4 Å². The largest absolute Gasteiger partial charge is 0.391 e. The van der Waals surface area contributed by atoms with E-state index in [2.05, 4.69) is 25.4 Å². The van der Waals surface area contributed by atoms with E-state index in [1.165, 1.54) is 0 Å². The van der Waals surface area contributed by atoms with Crippen molar-refractivity contribution < 1.29 is 14.4 Å². The second kappa shape index (κ2) is 7.19. The Bertz CT molecular complexity index is 946. The summed E-state index contributed by atoms with van der Waals surface area (Å²) in [5.41, 5.74) is 1.26. The molecule has 3 aromatic rings.